The first-order valence-electron chi connectivity index (χ1n) is 6.31. The smallest absolute Gasteiger partial charge is 0.180 e. The predicted molar refractivity (Wildman–Crippen MR) is 73.8 cm³/mol. The van der Waals surface area contributed by atoms with Crippen molar-refractivity contribution < 1.29 is 8.42 Å². The summed E-state index contributed by atoms with van der Waals surface area (Å²) in [5.74, 6) is 0.209. The number of likely N-dealkylation sites (N-methyl/N-ethyl adjacent to an activating group) is 1. The van der Waals surface area contributed by atoms with Crippen LogP contribution in [0.15, 0.2) is 29.2 Å². The van der Waals surface area contributed by atoms with E-state index in [0.29, 0.717) is 17.4 Å². The Balaban J connectivity index is 2.36. The van der Waals surface area contributed by atoms with E-state index in [1.54, 1.807) is 12.1 Å². The number of sulfone groups is 1. The minimum atomic E-state index is -3.17. The molecular formula is C13H20N2O2S. The van der Waals surface area contributed by atoms with Crippen LogP contribution >= 0.6 is 0 Å². The molecule has 18 heavy (non-hydrogen) atoms. The molecule has 0 amide bonds. The largest absolute Gasteiger partial charge is 0.368 e. The third kappa shape index (κ3) is 2.52. The van der Waals surface area contributed by atoms with Crippen LogP contribution in [0.2, 0.25) is 0 Å². The van der Waals surface area contributed by atoms with E-state index in [1.807, 2.05) is 26.1 Å². The van der Waals surface area contributed by atoms with Gasteiger partial charge in [-0.05, 0) is 18.6 Å². The highest BCUT2D eigenvalue weighted by atomic mass is 32.2. The van der Waals surface area contributed by atoms with E-state index in [0.717, 1.165) is 18.8 Å². The predicted octanol–water partition coefficient (Wildman–Crippen LogP) is 1.28. The lowest BCUT2D eigenvalue weighted by atomic mass is 10.1. The van der Waals surface area contributed by atoms with Gasteiger partial charge in [0.25, 0.3) is 0 Å². The fourth-order valence-corrected chi connectivity index (χ4v) is 3.71. The molecule has 0 bridgehead atoms. The fourth-order valence-electron chi connectivity index (χ4n) is 2.13. The summed E-state index contributed by atoms with van der Waals surface area (Å²) >= 11 is 0. The Hall–Kier alpha value is -1.07. The topological polar surface area (TPSA) is 49.4 Å². The molecule has 100 valence electrons. The first kappa shape index (κ1) is 13.4. The Kier molecular flexibility index (Phi) is 3.92. The van der Waals surface area contributed by atoms with E-state index in [-0.39, 0.29) is 5.75 Å². The molecule has 0 atom stereocenters. The molecule has 0 unspecified atom stereocenters. The summed E-state index contributed by atoms with van der Waals surface area (Å²) in [4.78, 5) is 2.53. The van der Waals surface area contributed by atoms with Crippen molar-refractivity contribution in [2.75, 3.05) is 30.8 Å². The van der Waals surface area contributed by atoms with Crippen molar-refractivity contribution in [1.29, 1.82) is 0 Å². The number of rotatable bonds is 5. The van der Waals surface area contributed by atoms with Crippen LogP contribution < -0.4 is 10.2 Å². The Labute approximate surface area is 109 Å². The zero-order valence-corrected chi connectivity index (χ0v) is 11.7. The summed E-state index contributed by atoms with van der Waals surface area (Å²) in [6.07, 6.45) is 0.644. The number of nitrogens with one attached hydrogen (secondary N) is 1. The summed E-state index contributed by atoms with van der Waals surface area (Å²) < 4.78 is 24.5. The number of anilines is 1. The second-order valence-corrected chi connectivity index (χ2v) is 6.79. The lowest BCUT2D eigenvalue weighted by molar-refractivity contribution is 0.427. The zero-order valence-electron chi connectivity index (χ0n) is 10.9. The van der Waals surface area contributed by atoms with Gasteiger partial charge in [0.05, 0.1) is 22.4 Å². The van der Waals surface area contributed by atoms with Crippen LogP contribution in [0.4, 0.5) is 5.69 Å². The number of nitrogens with zero attached hydrogens (tertiary/aromatic N) is 1. The van der Waals surface area contributed by atoms with E-state index in [1.165, 1.54) is 0 Å². The van der Waals surface area contributed by atoms with Gasteiger partial charge in [-0.2, -0.15) is 0 Å². The van der Waals surface area contributed by atoms with Gasteiger partial charge in [-0.3, -0.25) is 0 Å². The standard InChI is InChI=1S/C13H20N2O2S/c1-3-8-18(16,17)13-7-5-4-6-12(13)15(2)11-9-14-10-11/h4-7,11,14H,3,8-10H2,1-2H3. The third-order valence-electron chi connectivity index (χ3n) is 3.36. The van der Waals surface area contributed by atoms with Gasteiger partial charge in [-0.25, -0.2) is 8.42 Å². The second kappa shape index (κ2) is 5.28. The van der Waals surface area contributed by atoms with Gasteiger partial charge in [0.15, 0.2) is 9.84 Å². The lowest BCUT2D eigenvalue weighted by Gasteiger charge is -2.37. The molecule has 0 saturated carbocycles. The average molecular weight is 268 g/mol. The Morgan fingerprint density at radius 3 is 2.56 bits per heavy atom. The number of hydrogen-bond donors (Lipinski definition) is 1. The normalized spacial score (nSPS) is 16.3. The second-order valence-electron chi connectivity index (χ2n) is 4.71. The monoisotopic (exact) mass is 268 g/mol. The molecule has 1 aliphatic rings. The van der Waals surface area contributed by atoms with Crippen molar-refractivity contribution in [1.82, 2.24) is 5.32 Å². The van der Waals surface area contributed by atoms with Gasteiger partial charge in [0.2, 0.25) is 0 Å². The molecule has 0 spiro atoms. The van der Waals surface area contributed by atoms with Gasteiger partial charge >= 0.3 is 0 Å². The number of para-hydroxylation sites is 1. The van der Waals surface area contributed by atoms with Crippen molar-refractivity contribution in [3.05, 3.63) is 24.3 Å². The number of hydrogen-bond acceptors (Lipinski definition) is 4. The summed E-state index contributed by atoms with van der Waals surface area (Å²) in [6.45, 7) is 3.72. The minimum absolute atomic E-state index is 0.209. The highest BCUT2D eigenvalue weighted by molar-refractivity contribution is 7.91. The Morgan fingerprint density at radius 2 is 2.00 bits per heavy atom. The van der Waals surface area contributed by atoms with E-state index in [9.17, 15) is 8.42 Å². The molecule has 1 aromatic rings. The van der Waals surface area contributed by atoms with Crippen molar-refractivity contribution in [3.8, 4) is 0 Å². The van der Waals surface area contributed by atoms with Gasteiger partial charge in [-0.15, -0.1) is 0 Å². The molecule has 0 aliphatic carbocycles. The molecule has 0 aromatic heterocycles. The molecular weight excluding hydrogens is 248 g/mol. The summed E-state index contributed by atoms with van der Waals surface area (Å²) in [5.41, 5.74) is 0.817. The fraction of sp³-hybridized carbons (Fsp3) is 0.538. The maximum absolute atomic E-state index is 12.2. The molecule has 1 N–H and O–H groups in total. The molecule has 1 fully saturated rings. The van der Waals surface area contributed by atoms with Crippen LogP contribution in [0.25, 0.3) is 0 Å². The molecule has 1 aliphatic heterocycles. The van der Waals surface area contributed by atoms with E-state index in [2.05, 4.69) is 10.2 Å². The zero-order chi connectivity index (χ0) is 13.2. The first-order chi connectivity index (χ1) is 8.56. The Bertz CT molecular complexity index is 509. The Morgan fingerprint density at radius 1 is 1.33 bits per heavy atom. The lowest BCUT2D eigenvalue weighted by Crippen LogP contribution is -2.56. The van der Waals surface area contributed by atoms with Crippen molar-refractivity contribution in [2.24, 2.45) is 0 Å². The highest BCUT2D eigenvalue weighted by Gasteiger charge is 2.26. The SMILES string of the molecule is CCCS(=O)(=O)c1ccccc1N(C)C1CNC1. The quantitative estimate of drug-likeness (QED) is 0.874. The van der Waals surface area contributed by atoms with Crippen LogP contribution in [0.1, 0.15) is 13.3 Å². The molecule has 1 saturated heterocycles. The molecule has 2 rings (SSSR count). The maximum Gasteiger partial charge on any atom is 0.180 e. The highest BCUT2D eigenvalue weighted by Crippen LogP contribution is 2.27. The molecule has 4 nitrogen and oxygen atoms in total. The van der Waals surface area contributed by atoms with Gasteiger partial charge in [-0.1, -0.05) is 19.1 Å². The van der Waals surface area contributed by atoms with Crippen molar-refractivity contribution in [3.63, 3.8) is 0 Å². The third-order valence-corrected chi connectivity index (χ3v) is 5.32. The van der Waals surface area contributed by atoms with Crippen LogP contribution in [0, 0.1) is 0 Å². The molecule has 5 heteroatoms. The first-order valence-corrected chi connectivity index (χ1v) is 7.97. The van der Waals surface area contributed by atoms with Crippen LogP contribution in [-0.4, -0.2) is 40.3 Å². The van der Waals surface area contributed by atoms with Gasteiger partial charge in [0, 0.05) is 20.1 Å². The van der Waals surface area contributed by atoms with Crippen LogP contribution in [0.3, 0.4) is 0 Å². The molecule has 1 heterocycles. The average Bonchev–Trinajstić information content (AvgIpc) is 2.26. The van der Waals surface area contributed by atoms with E-state index in [4.69, 9.17) is 0 Å². The molecule has 0 radical (unpaired) electrons. The summed E-state index contributed by atoms with van der Waals surface area (Å²) in [5, 5.41) is 3.20. The van der Waals surface area contributed by atoms with E-state index < -0.39 is 9.84 Å². The number of benzene rings is 1. The van der Waals surface area contributed by atoms with Crippen molar-refractivity contribution >= 4 is 15.5 Å². The van der Waals surface area contributed by atoms with E-state index >= 15 is 0 Å². The van der Waals surface area contributed by atoms with Crippen molar-refractivity contribution in [2.45, 2.75) is 24.3 Å². The summed E-state index contributed by atoms with van der Waals surface area (Å²) in [7, 11) is -1.20. The van der Waals surface area contributed by atoms with Crippen LogP contribution in [-0.2, 0) is 9.84 Å². The van der Waals surface area contributed by atoms with Gasteiger partial charge in [0.1, 0.15) is 0 Å². The maximum atomic E-state index is 12.2. The molecule has 1 aromatic carbocycles. The van der Waals surface area contributed by atoms with Crippen LogP contribution in [0.5, 0.6) is 0 Å². The van der Waals surface area contributed by atoms with Gasteiger partial charge < -0.3 is 10.2 Å². The summed E-state index contributed by atoms with van der Waals surface area (Å²) in [6, 6.07) is 7.67. The minimum Gasteiger partial charge on any atom is -0.368 e.